The van der Waals surface area contributed by atoms with E-state index < -0.39 is 17.7 Å². The van der Waals surface area contributed by atoms with Crippen molar-refractivity contribution in [1.29, 1.82) is 0 Å². The number of carbonyl (C=O) groups is 2. The van der Waals surface area contributed by atoms with E-state index in [-0.39, 0.29) is 11.3 Å². The van der Waals surface area contributed by atoms with Crippen molar-refractivity contribution in [2.45, 2.75) is 40.3 Å². The van der Waals surface area contributed by atoms with E-state index in [0.29, 0.717) is 31.0 Å². The molecule has 4 rings (SSSR count). The third kappa shape index (κ3) is 5.81. The van der Waals surface area contributed by atoms with Gasteiger partial charge in [0.15, 0.2) is 0 Å². The van der Waals surface area contributed by atoms with Crippen LogP contribution in [0.3, 0.4) is 0 Å². The number of hydrogen-bond acceptors (Lipinski definition) is 5. The predicted octanol–water partition coefficient (Wildman–Crippen LogP) is 5.65. The number of rotatable bonds is 10. The fourth-order valence-electron chi connectivity index (χ4n) is 4.94. The van der Waals surface area contributed by atoms with E-state index in [4.69, 9.17) is 4.74 Å². The van der Waals surface area contributed by atoms with E-state index in [9.17, 15) is 14.7 Å². The van der Waals surface area contributed by atoms with Gasteiger partial charge in [-0.2, -0.15) is 0 Å². The number of Topliss-reactive ketones (excluding diaryl/α,β-unsaturated/α-hetero) is 1. The Morgan fingerprint density at radius 1 is 0.947 bits per heavy atom. The zero-order valence-corrected chi connectivity index (χ0v) is 22.6. The number of hydrogen-bond donors (Lipinski definition) is 1. The van der Waals surface area contributed by atoms with E-state index >= 15 is 0 Å². The first kappa shape index (κ1) is 27.1. The molecule has 1 saturated heterocycles. The number of carbonyl (C=O) groups excluding carboxylic acids is 2. The van der Waals surface area contributed by atoms with Gasteiger partial charge in [-0.25, -0.2) is 0 Å². The molecule has 0 aromatic heterocycles. The fourth-order valence-corrected chi connectivity index (χ4v) is 4.94. The van der Waals surface area contributed by atoms with Crippen LogP contribution in [-0.2, 0) is 16.2 Å². The lowest BCUT2D eigenvalue weighted by atomic mass is 9.94. The van der Waals surface area contributed by atoms with Crippen LogP contribution in [0, 0.1) is 13.8 Å². The van der Waals surface area contributed by atoms with Gasteiger partial charge in [0, 0.05) is 18.7 Å². The Labute approximate surface area is 225 Å². The molecule has 3 aromatic rings. The summed E-state index contributed by atoms with van der Waals surface area (Å²) in [5.74, 6) is -0.710. The zero-order valence-electron chi connectivity index (χ0n) is 22.6. The van der Waals surface area contributed by atoms with Crippen LogP contribution in [0.5, 0.6) is 5.75 Å². The van der Waals surface area contributed by atoms with Gasteiger partial charge in [-0.1, -0.05) is 74.0 Å². The second-order valence-corrected chi connectivity index (χ2v) is 9.69. The normalized spacial score (nSPS) is 16.9. The van der Waals surface area contributed by atoms with Gasteiger partial charge in [0.2, 0.25) is 0 Å². The van der Waals surface area contributed by atoms with Crippen molar-refractivity contribution in [3.05, 3.63) is 106 Å². The number of nitrogens with zero attached hydrogens (tertiary/aromatic N) is 2. The highest BCUT2D eigenvalue weighted by molar-refractivity contribution is 6.46. The number of benzene rings is 3. The molecule has 1 aliphatic rings. The van der Waals surface area contributed by atoms with Gasteiger partial charge in [-0.3, -0.25) is 9.59 Å². The Kier molecular flexibility index (Phi) is 8.64. The molecule has 1 aliphatic heterocycles. The molecular formula is C32H36N2O4. The molecule has 1 amide bonds. The summed E-state index contributed by atoms with van der Waals surface area (Å²) in [4.78, 5) is 30.4. The fraction of sp³-hybridized carbons (Fsp3) is 0.312. The molecule has 0 aliphatic carbocycles. The van der Waals surface area contributed by atoms with Crippen molar-refractivity contribution in [2.75, 3.05) is 26.2 Å². The van der Waals surface area contributed by atoms with Crippen molar-refractivity contribution in [3.63, 3.8) is 0 Å². The highest BCUT2D eigenvalue weighted by Gasteiger charge is 2.46. The number of aryl methyl sites for hydroxylation is 2. The topological polar surface area (TPSA) is 70.1 Å². The van der Waals surface area contributed by atoms with Crippen LogP contribution in [0.15, 0.2) is 78.4 Å². The maximum absolute atomic E-state index is 13.3. The second-order valence-electron chi connectivity index (χ2n) is 9.69. The summed E-state index contributed by atoms with van der Waals surface area (Å²) in [6, 6.07) is 22.3. The molecule has 198 valence electrons. The predicted molar refractivity (Wildman–Crippen MR) is 150 cm³/mol. The van der Waals surface area contributed by atoms with Gasteiger partial charge < -0.3 is 19.6 Å². The smallest absolute Gasteiger partial charge is 0.295 e. The van der Waals surface area contributed by atoms with Crippen LogP contribution < -0.4 is 4.74 Å². The van der Waals surface area contributed by atoms with Crippen molar-refractivity contribution >= 4 is 17.4 Å². The van der Waals surface area contributed by atoms with E-state index in [2.05, 4.69) is 18.7 Å². The number of aliphatic hydroxyl groups is 1. The lowest BCUT2D eigenvalue weighted by molar-refractivity contribution is -0.140. The van der Waals surface area contributed by atoms with Crippen molar-refractivity contribution in [2.24, 2.45) is 0 Å². The van der Waals surface area contributed by atoms with E-state index in [1.807, 2.05) is 68.4 Å². The molecular weight excluding hydrogens is 476 g/mol. The average Bonchev–Trinajstić information content (AvgIpc) is 3.18. The molecule has 0 radical (unpaired) electrons. The number of ketones is 1. The molecule has 1 heterocycles. The molecule has 38 heavy (non-hydrogen) atoms. The molecule has 0 saturated carbocycles. The van der Waals surface area contributed by atoms with Crippen molar-refractivity contribution < 1.29 is 19.4 Å². The third-order valence-electron chi connectivity index (χ3n) is 7.13. The highest BCUT2D eigenvalue weighted by Crippen LogP contribution is 2.40. The monoisotopic (exact) mass is 512 g/mol. The lowest BCUT2D eigenvalue weighted by Gasteiger charge is -2.28. The molecule has 3 aromatic carbocycles. The average molecular weight is 513 g/mol. The van der Waals surface area contributed by atoms with Gasteiger partial charge in [-0.15, -0.1) is 0 Å². The second kappa shape index (κ2) is 12.1. The summed E-state index contributed by atoms with van der Waals surface area (Å²) in [5.41, 5.74) is 4.32. The number of likely N-dealkylation sites (tertiary alicyclic amines) is 1. The number of amides is 1. The highest BCUT2D eigenvalue weighted by atomic mass is 16.5. The molecule has 1 atom stereocenters. The van der Waals surface area contributed by atoms with Crippen LogP contribution in [-0.4, -0.2) is 52.8 Å². The summed E-state index contributed by atoms with van der Waals surface area (Å²) in [5, 5.41) is 11.4. The summed E-state index contributed by atoms with van der Waals surface area (Å²) < 4.78 is 5.99. The summed E-state index contributed by atoms with van der Waals surface area (Å²) >= 11 is 0. The molecule has 1 N–H and O–H groups in total. The van der Waals surface area contributed by atoms with Crippen molar-refractivity contribution in [3.8, 4) is 5.75 Å². The van der Waals surface area contributed by atoms with Gasteiger partial charge >= 0.3 is 0 Å². The number of aliphatic hydroxyl groups excluding tert-OH is 1. The molecule has 0 bridgehead atoms. The SMILES string of the molecule is CCN(CC)CCN1C(=O)C(=O)/C(=C(\O)c2ccc(OCc3ccccc3)c(C)c2)C1c1cccc(C)c1. The summed E-state index contributed by atoms with van der Waals surface area (Å²) in [7, 11) is 0. The Morgan fingerprint density at radius 3 is 2.34 bits per heavy atom. The van der Waals surface area contributed by atoms with Crippen molar-refractivity contribution in [1.82, 2.24) is 9.80 Å². The van der Waals surface area contributed by atoms with Gasteiger partial charge in [0.1, 0.15) is 18.1 Å². The standard InChI is InChI=1S/C32H36N2O4/c1-5-33(6-2)17-18-34-29(25-14-10-11-22(3)19-25)28(31(36)32(34)37)30(35)26-15-16-27(23(4)20-26)38-21-24-12-8-7-9-13-24/h7-16,19-20,29,35H,5-6,17-18,21H2,1-4H3/b30-28-. The third-order valence-corrected chi connectivity index (χ3v) is 7.13. The maximum atomic E-state index is 13.3. The first-order valence-corrected chi connectivity index (χ1v) is 13.2. The molecule has 6 nitrogen and oxygen atoms in total. The zero-order chi connectivity index (χ0) is 27.2. The van der Waals surface area contributed by atoms with E-state index in [1.165, 1.54) is 0 Å². The van der Waals surface area contributed by atoms with Gasteiger partial charge in [0.25, 0.3) is 11.7 Å². The van der Waals surface area contributed by atoms with Crippen LogP contribution >= 0.6 is 0 Å². The minimum Gasteiger partial charge on any atom is -0.507 e. The van der Waals surface area contributed by atoms with Crippen LogP contribution in [0.1, 0.15) is 47.7 Å². The van der Waals surface area contributed by atoms with Crippen LogP contribution in [0.2, 0.25) is 0 Å². The largest absolute Gasteiger partial charge is 0.507 e. The van der Waals surface area contributed by atoms with Gasteiger partial charge in [0.05, 0.1) is 11.6 Å². The Bertz CT molecular complexity index is 1330. The quantitative estimate of drug-likeness (QED) is 0.216. The minimum absolute atomic E-state index is 0.123. The first-order chi connectivity index (χ1) is 18.3. The minimum atomic E-state index is -0.657. The lowest BCUT2D eigenvalue weighted by Crippen LogP contribution is -2.38. The molecule has 6 heteroatoms. The Morgan fingerprint density at radius 2 is 1.68 bits per heavy atom. The maximum Gasteiger partial charge on any atom is 0.295 e. The van der Waals surface area contributed by atoms with Crippen LogP contribution in [0.25, 0.3) is 5.76 Å². The summed E-state index contributed by atoms with van der Waals surface area (Å²) in [6.07, 6.45) is 0. The van der Waals surface area contributed by atoms with Crippen LogP contribution in [0.4, 0.5) is 0 Å². The van der Waals surface area contributed by atoms with E-state index in [0.717, 1.165) is 35.3 Å². The Hall–Kier alpha value is -3.90. The Balaban J connectivity index is 1.69. The molecule has 1 fully saturated rings. The van der Waals surface area contributed by atoms with E-state index in [1.54, 1.807) is 23.1 Å². The molecule has 1 unspecified atom stereocenters. The number of ether oxygens (including phenoxy) is 1. The molecule has 0 spiro atoms. The number of likely N-dealkylation sites (N-methyl/N-ethyl adjacent to an activating group) is 1. The van der Waals surface area contributed by atoms with Gasteiger partial charge in [-0.05, 0) is 61.8 Å². The summed E-state index contributed by atoms with van der Waals surface area (Å²) in [6.45, 7) is 11.2. The first-order valence-electron chi connectivity index (χ1n) is 13.2.